The second-order valence-electron chi connectivity index (χ2n) is 2.43. The minimum atomic E-state index is 0.527. The molecule has 0 saturated heterocycles. The van der Waals surface area contributed by atoms with Crippen LogP contribution in [0.2, 0.25) is 0 Å². The first-order valence-corrected chi connectivity index (χ1v) is 3.53. The lowest BCUT2D eigenvalue weighted by Crippen LogP contribution is -2.21. The molecule has 0 saturated carbocycles. The smallest absolute Gasteiger partial charge is 0.240 e. The van der Waals surface area contributed by atoms with Crippen molar-refractivity contribution in [2.24, 2.45) is 0 Å². The maximum absolute atomic E-state index is 4.93. The quantitative estimate of drug-likeness (QED) is 0.661. The summed E-state index contributed by atoms with van der Waals surface area (Å²) < 4.78 is 4.93. The molecule has 0 aliphatic rings. The third-order valence-electron chi connectivity index (χ3n) is 1.16. The summed E-state index contributed by atoms with van der Waals surface area (Å²) in [7, 11) is 5.30. The molecule has 0 aliphatic heterocycles. The molecule has 0 bridgehead atoms. The summed E-state index contributed by atoms with van der Waals surface area (Å²) in [6.45, 7) is 0. The monoisotopic (exact) mass is 168 g/mol. The molecule has 0 amide bonds. The molecule has 1 aromatic rings. The highest BCUT2D eigenvalue weighted by Gasteiger charge is 1.97. The molecular weight excluding hydrogens is 156 g/mol. The summed E-state index contributed by atoms with van der Waals surface area (Å²) in [5.74, 6) is 1.08. The molecule has 0 atom stereocenters. The van der Waals surface area contributed by atoms with Crippen LogP contribution in [0.1, 0.15) is 0 Å². The molecule has 5 nitrogen and oxygen atoms in total. The first kappa shape index (κ1) is 8.73. The van der Waals surface area contributed by atoms with E-state index in [1.807, 2.05) is 14.1 Å². The highest BCUT2D eigenvalue weighted by molar-refractivity contribution is 5.25. The number of nitrogens with zero attached hydrogens (tertiary/aromatic N) is 3. The molecular formula is C7H12N4O. The normalized spacial score (nSPS) is 10.0. The first-order chi connectivity index (χ1) is 5.72. The van der Waals surface area contributed by atoms with Gasteiger partial charge in [0.05, 0.1) is 7.11 Å². The Morgan fingerprint density at radius 3 is 2.83 bits per heavy atom. The van der Waals surface area contributed by atoms with E-state index in [-0.39, 0.29) is 0 Å². The lowest BCUT2D eigenvalue weighted by molar-refractivity contribution is 0.395. The van der Waals surface area contributed by atoms with Crippen LogP contribution < -0.4 is 10.2 Å². The van der Waals surface area contributed by atoms with Crippen LogP contribution in [0.4, 0.5) is 5.95 Å². The molecule has 12 heavy (non-hydrogen) atoms. The maximum Gasteiger partial charge on any atom is 0.240 e. The van der Waals surface area contributed by atoms with Crippen LogP contribution in [0, 0.1) is 0 Å². The number of ether oxygens (including phenoxy) is 1. The Labute approximate surface area is 71.4 Å². The minimum absolute atomic E-state index is 0.527. The van der Waals surface area contributed by atoms with Crippen LogP contribution in [0.15, 0.2) is 12.3 Å². The van der Waals surface area contributed by atoms with Crippen molar-refractivity contribution in [1.29, 1.82) is 0 Å². The largest absolute Gasteiger partial charge is 0.481 e. The average molecular weight is 168 g/mol. The zero-order valence-corrected chi connectivity index (χ0v) is 7.40. The predicted molar refractivity (Wildman–Crippen MR) is 45.9 cm³/mol. The van der Waals surface area contributed by atoms with Crippen molar-refractivity contribution < 1.29 is 4.74 Å². The first-order valence-electron chi connectivity index (χ1n) is 3.53. The molecule has 0 radical (unpaired) electrons. The Kier molecular flexibility index (Phi) is 2.82. The third-order valence-corrected chi connectivity index (χ3v) is 1.16. The van der Waals surface area contributed by atoms with Gasteiger partial charge in [-0.05, 0) is 0 Å². The van der Waals surface area contributed by atoms with E-state index >= 15 is 0 Å². The lowest BCUT2D eigenvalue weighted by Gasteiger charge is -2.11. The van der Waals surface area contributed by atoms with Crippen molar-refractivity contribution in [1.82, 2.24) is 15.0 Å². The number of nitrogens with one attached hydrogen (secondary N) is 1. The van der Waals surface area contributed by atoms with Gasteiger partial charge in [-0.15, -0.1) is 0 Å². The van der Waals surface area contributed by atoms with E-state index in [0.717, 1.165) is 0 Å². The molecule has 1 N–H and O–H groups in total. The van der Waals surface area contributed by atoms with E-state index < -0.39 is 0 Å². The summed E-state index contributed by atoms with van der Waals surface area (Å²) in [5.41, 5.74) is 2.91. The third kappa shape index (κ3) is 2.35. The number of hydrogen-bond acceptors (Lipinski definition) is 5. The van der Waals surface area contributed by atoms with Gasteiger partial charge >= 0.3 is 0 Å². The van der Waals surface area contributed by atoms with E-state index in [2.05, 4.69) is 15.4 Å². The van der Waals surface area contributed by atoms with Gasteiger partial charge in [0.15, 0.2) is 0 Å². The summed E-state index contributed by atoms with van der Waals surface area (Å²) >= 11 is 0. The van der Waals surface area contributed by atoms with Gasteiger partial charge in [-0.2, -0.15) is 4.98 Å². The van der Waals surface area contributed by atoms with Crippen molar-refractivity contribution in [3.8, 4) is 5.88 Å². The molecule has 5 heteroatoms. The van der Waals surface area contributed by atoms with Crippen molar-refractivity contribution in [3.05, 3.63) is 12.3 Å². The number of rotatable bonds is 3. The lowest BCUT2D eigenvalue weighted by atomic mass is 10.6. The van der Waals surface area contributed by atoms with Crippen LogP contribution >= 0.6 is 0 Å². The van der Waals surface area contributed by atoms with Gasteiger partial charge in [0, 0.05) is 26.4 Å². The van der Waals surface area contributed by atoms with Gasteiger partial charge in [0.2, 0.25) is 11.8 Å². The number of methoxy groups -OCH3 is 1. The number of hydrogen-bond donors (Lipinski definition) is 1. The Hall–Kier alpha value is -1.36. The molecule has 0 fully saturated rings. The molecule has 1 rings (SSSR count). The zero-order valence-electron chi connectivity index (χ0n) is 7.40. The van der Waals surface area contributed by atoms with E-state index in [1.54, 1.807) is 24.4 Å². The molecule has 0 aromatic carbocycles. The van der Waals surface area contributed by atoms with Crippen LogP contribution in [-0.4, -0.2) is 36.2 Å². The second-order valence-corrected chi connectivity index (χ2v) is 2.43. The van der Waals surface area contributed by atoms with Crippen LogP contribution in [0.5, 0.6) is 5.88 Å². The van der Waals surface area contributed by atoms with E-state index in [1.165, 1.54) is 0 Å². The average Bonchev–Trinajstić information content (AvgIpc) is 2.03. The van der Waals surface area contributed by atoms with E-state index in [9.17, 15) is 0 Å². The summed E-state index contributed by atoms with van der Waals surface area (Å²) in [6, 6.07) is 1.70. The highest BCUT2D eigenvalue weighted by Crippen LogP contribution is 2.06. The minimum Gasteiger partial charge on any atom is -0.481 e. The summed E-state index contributed by atoms with van der Waals surface area (Å²) in [6.07, 6.45) is 1.64. The summed E-state index contributed by atoms with van der Waals surface area (Å²) in [4.78, 5) is 8.03. The fourth-order valence-electron chi connectivity index (χ4n) is 0.710. The maximum atomic E-state index is 4.93. The van der Waals surface area contributed by atoms with Crippen LogP contribution in [-0.2, 0) is 0 Å². The highest BCUT2D eigenvalue weighted by atomic mass is 16.5. The number of anilines is 1. The topological polar surface area (TPSA) is 50.3 Å². The van der Waals surface area contributed by atoms with E-state index in [4.69, 9.17) is 4.74 Å². The van der Waals surface area contributed by atoms with Gasteiger partial charge in [-0.3, -0.25) is 5.43 Å². The van der Waals surface area contributed by atoms with Gasteiger partial charge in [-0.25, -0.2) is 9.99 Å². The Morgan fingerprint density at radius 2 is 2.25 bits per heavy atom. The molecule has 0 spiro atoms. The SMILES string of the molecule is COc1ccnc(NN(C)C)n1. The van der Waals surface area contributed by atoms with Crippen LogP contribution in [0.3, 0.4) is 0 Å². The fraction of sp³-hybridized carbons (Fsp3) is 0.429. The molecule has 1 heterocycles. The van der Waals surface area contributed by atoms with Gasteiger partial charge < -0.3 is 4.74 Å². The number of aromatic nitrogens is 2. The van der Waals surface area contributed by atoms with Crippen molar-refractivity contribution in [2.45, 2.75) is 0 Å². The van der Waals surface area contributed by atoms with Crippen molar-refractivity contribution in [3.63, 3.8) is 0 Å². The molecule has 0 aliphatic carbocycles. The Morgan fingerprint density at radius 1 is 1.50 bits per heavy atom. The van der Waals surface area contributed by atoms with Crippen molar-refractivity contribution >= 4 is 5.95 Å². The van der Waals surface area contributed by atoms with Gasteiger partial charge in [-0.1, -0.05) is 0 Å². The van der Waals surface area contributed by atoms with Crippen molar-refractivity contribution in [2.75, 3.05) is 26.6 Å². The van der Waals surface area contributed by atoms with Crippen LogP contribution in [0.25, 0.3) is 0 Å². The van der Waals surface area contributed by atoms with E-state index in [0.29, 0.717) is 11.8 Å². The Balaban J connectivity index is 2.72. The fourth-order valence-corrected chi connectivity index (χ4v) is 0.710. The summed E-state index contributed by atoms with van der Waals surface area (Å²) in [5, 5.41) is 1.76. The zero-order chi connectivity index (χ0) is 8.97. The standard InChI is InChI=1S/C7H12N4O/c1-11(2)10-7-8-5-4-6(9-7)12-3/h4-5H,1-3H3,(H,8,9,10). The predicted octanol–water partition coefficient (Wildman–Crippen LogP) is 0.374. The second kappa shape index (κ2) is 3.87. The molecule has 66 valence electrons. The molecule has 1 aromatic heterocycles. The number of hydrazine groups is 1. The van der Waals surface area contributed by atoms with Gasteiger partial charge in [0.25, 0.3) is 0 Å². The molecule has 0 unspecified atom stereocenters. The Bertz CT molecular complexity index is 251. The van der Waals surface area contributed by atoms with Gasteiger partial charge in [0.1, 0.15) is 0 Å².